The van der Waals surface area contributed by atoms with E-state index in [1.807, 2.05) is 48.5 Å². The number of para-hydroxylation sites is 1. The quantitative estimate of drug-likeness (QED) is 0.938. The van der Waals surface area contributed by atoms with Gasteiger partial charge in [-0.3, -0.25) is 4.79 Å². The number of hydrogen-bond donors (Lipinski definition) is 1. The second kappa shape index (κ2) is 5.87. The van der Waals surface area contributed by atoms with E-state index in [0.717, 1.165) is 11.3 Å². The maximum atomic E-state index is 11.4. The zero-order chi connectivity index (χ0) is 14.7. The van der Waals surface area contributed by atoms with Crippen LogP contribution in [0.25, 0.3) is 0 Å². The van der Waals surface area contributed by atoms with Crippen molar-refractivity contribution in [3.05, 3.63) is 54.1 Å². The molecule has 1 aliphatic heterocycles. The van der Waals surface area contributed by atoms with Crippen LogP contribution in [0, 0.1) is 0 Å². The van der Waals surface area contributed by atoms with Crippen LogP contribution >= 0.6 is 0 Å². The molecule has 1 atom stereocenters. The highest BCUT2D eigenvalue weighted by molar-refractivity contribution is 5.79. The lowest BCUT2D eigenvalue weighted by Gasteiger charge is -2.14. The van der Waals surface area contributed by atoms with E-state index in [4.69, 9.17) is 9.47 Å². The van der Waals surface area contributed by atoms with Gasteiger partial charge < -0.3 is 14.8 Å². The van der Waals surface area contributed by atoms with Crippen LogP contribution in [0.15, 0.2) is 48.5 Å². The summed E-state index contributed by atoms with van der Waals surface area (Å²) in [6.45, 7) is 0.677. The fraction of sp³-hybridized carbons (Fsp3) is 0.235. The van der Waals surface area contributed by atoms with Gasteiger partial charge in [0.1, 0.15) is 5.75 Å². The number of benzene rings is 2. The van der Waals surface area contributed by atoms with E-state index >= 15 is 0 Å². The number of amides is 1. The number of carbonyl (C=O) groups is 1. The Labute approximate surface area is 123 Å². The van der Waals surface area contributed by atoms with Gasteiger partial charge in [-0.15, -0.1) is 0 Å². The maximum absolute atomic E-state index is 11.4. The molecule has 4 nitrogen and oxygen atoms in total. The van der Waals surface area contributed by atoms with Crippen molar-refractivity contribution in [1.29, 1.82) is 0 Å². The van der Waals surface area contributed by atoms with Gasteiger partial charge in [0.15, 0.2) is 11.5 Å². The van der Waals surface area contributed by atoms with Gasteiger partial charge in [-0.25, -0.2) is 0 Å². The second-order valence-corrected chi connectivity index (χ2v) is 5.03. The van der Waals surface area contributed by atoms with Crippen LogP contribution in [0.2, 0.25) is 0 Å². The van der Waals surface area contributed by atoms with Crippen LogP contribution in [-0.2, 0) is 4.79 Å². The molecule has 4 heteroatoms. The summed E-state index contributed by atoms with van der Waals surface area (Å²) in [4.78, 5) is 11.4. The molecule has 0 radical (unpaired) electrons. The first-order chi connectivity index (χ1) is 10.3. The second-order valence-electron chi connectivity index (χ2n) is 5.03. The van der Waals surface area contributed by atoms with E-state index in [-0.39, 0.29) is 11.8 Å². The van der Waals surface area contributed by atoms with Gasteiger partial charge in [0.05, 0.1) is 7.11 Å². The van der Waals surface area contributed by atoms with Crippen LogP contribution in [0.5, 0.6) is 17.2 Å². The lowest BCUT2D eigenvalue weighted by molar-refractivity contribution is -0.119. The summed E-state index contributed by atoms with van der Waals surface area (Å²) in [5.74, 6) is 2.40. The van der Waals surface area contributed by atoms with Crippen molar-refractivity contribution in [1.82, 2.24) is 5.32 Å². The van der Waals surface area contributed by atoms with E-state index in [9.17, 15) is 4.79 Å². The topological polar surface area (TPSA) is 47.6 Å². The molecule has 0 saturated carbocycles. The molecule has 0 aromatic heterocycles. The van der Waals surface area contributed by atoms with E-state index in [1.54, 1.807) is 7.11 Å². The number of ether oxygens (including phenoxy) is 2. The van der Waals surface area contributed by atoms with Gasteiger partial charge in [0, 0.05) is 18.9 Å². The summed E-state index contributed by atoms with van der Waals surface area (Å²) in [6.07, 6.45) is 0.525. The summed E-state index contributed by atoms with van der Waals surface area (Å²) in [6, 6.07) is 15.4. The van der Waals surface area contributed by atoms with Crippen molar-refractivity contribution in [2.24, 2.45) is 0 Å². The monoisotopic (exact) mass is 283 g/mol. The molecule has 1 fully saturated rings. The summed E-state index contributed by atoms with van der Waals surface area (Å²) < 4.78 is 11.2. The Bertz CT molecular complexity index is 640. The zero-order valence-corrected chi connectivity index (χ0v) is 11.8. The van der Waals surface area contributed by atoms with Crippen LogP contribution in [0.3, 0.4) is 0 Å². The highest BCUT2D eigenvalue weighted by Crippen LogP contribution is 2.35. The Kier molecular flexibility index (Phi) is 3.77. The smallest absolute Gasteiger partial charge is 0.220 e. The molecule has 3 rings (SSSR count). The largest absolute Gasteiger partial charge is 0.493 e. The van der Waals surface area contributed by atoms with Crippen LogP contribution in [-0.4, -0.2) is 19.6 Å². The van der Waals surface area contributed by atoms with Crippen molar-refractivity contribution in [3.8, 4) is 17.2 Å². The number of nitrogens with one attached hydrogen (secondary N) is 1. The first-order valence-corrected chi connectivity index (χ1v) is 6.94. The molecular formula is C17H17NO3. The Balaban J connectivity index is 1.88. The molecule has 2 aromatic carbocycles. The predicted molar refractivity (Wildman–Crippen MR) is 79.9 cm³/mol. The van der Waals surface area contributed by atoms with Gasteiger partial charge in [-0.2, -0.15) is 0 Å². The normalized spacial score (nSPS) is 17.4. The zero-order valence-electron chi connectivity index (χ0n) is 11.8. The van der Waals surface area contributed by atoms with Crippen molar-refractivity contribution >= 4 is 5.91 Å². The Morgan fingerprint density at radius 3 is 2.57 bits per heavy atom. The molecule has 0 spiro atoms. The van der Waals surface area contributed by atoms with E-state index in [2.05, 4.69) is 5.32 Å². The van der Waals surface area contributed by atoms with Gasteiger partial charge in [-0.05, 0) is 29.8 Å². The lowest BCUT2D eigenvalue weighted by atomic mass is 9.98. The summed E-state index contributed by atoms with van der Waals surface area (Å²) in [5, 5.41) is 2.85. The average molecular weight is 283 g/mol. The molecule has 1 N–H and O–H groups in total. The molecule has 21 heavy (non-hydrogen) atoms. The third-order valence-corrected chi connectivity index (χ3v) is 3.61. The van der Waals surface area contributed by atoms with Gasteiger partial charge >= 0.3 is 0 Å². The molecular weight excluding hydrogens is 266 g/mol. The lowest BCUT2D eigenvalue weighted by Crippen LogP contribution is -2.13. The Hall–Kier alpha value is -2.49. The van der Waals surface area contributed by atoms with Crippen molar-refractivity contribution < 1.29 is 14.3 Å². The minimum absolute atomic E-state index is 0.0985. The Morgan fingerprint density at radius 1 is 1.10 bits per heavy atom. The SMILES string of the molecule is COc1ccc(C2CNC(=O)C2)cc1Oc1ccccc1. The number of carbonyl (C=O) groups excluding carboxylic acids is 1. The van der Waals surface area contributed by atoms with Crippen LogP contribution in [0.4, 0.5) is 0 Å². The van der Waals surface area contributed by atoms with Crippen molar-refractivity contribution in [2.45, 2.75) is 12.3 Å². The van der Waals surface area contributed by atoms with Gasteiger partial charge in [-0.1, -0.05) is 24.3 Å². The minimum atomic E-state index is 0.0985. The molecule has 1 unspecified atom stereocenters. The average Bonchev–Trinajstić information content (AvgIpc) is 2.95. The summed E-state index contributed by atoms with van der Waals surface area (Å²) in [5.41, 5.74) is 1.08. The first-order valence-electron chi connectivity index (χ1n) is 6.94. The number of rotatable bonds is 4. The molecule has 1 heterocycles. The van der Waals surface area contributed by atoms with Crippen LogP contribution in [0.1, 0.15) is 17.9 Å². The standard InChI is InChI=1S/C17H17NO3/c1-20-15-8-7-12(13-10-17(19)18-11-13)9-16(15)21-14-5-3-2-4-6-14/h2-9,13H,10-11H2,1H3,(H,18,19). The third-order valence-electron chi connectivity index (χ3n) is 3.61. The summed E-state index contributed by atoms with van der Waals surface area (Å²) in [7, 11) is 1.62. The molecule has 1 aliphatic rings. The fourth-order valence-electron chi connectivity index (χ4n) is 2.48. The predicted octanol–water partition coefficient (Wildman–Crippen LogP) is 3.09. The van der Waals surface area contributed by atoms with E-state index in [1.165, 1.54) is 0 Å². The van der Waals surface area contributed by atoms with Crippen molar-refractivity contribution in [2.75, 3.05) is 13.7 Å². The van der Waals surface area contributed by atoms with Crippen LogP contribution < -0.4 is 14.8 Å². The highest BCUT2D eigenvalue weighted by Gasteiger charge is 2.24. The molecule has 1 amide bonds. The van der Waals surface area contributed by atoms with E-state index < -0.39 is 0 Å². The Morgan fingerprint density at radius 2 is 1.90 bits per heavy atom. The van der Waals surface area contributed by atoms with E-state index in [0.29, 0.717) is 24.5 Å². The minimum Gasteiger partial charge on any atom is -0.493 e. The molecule has 1 saturated heterocycles. The third kappa shape index (κ3) is 2.99. The van der Waals surface area contributed by atoms with Crippen molar-refractivity contribution in [3.63, 3.8) is 0 Å². The number of hydrogen-bond acceptors (Lipinski definition) is 3. The molecule has 0 bridgehead atoms. The van der Waals surface area contributed by atoms with Gasteiger partial charge in [0.2, 0.25) is 5.91 Å². The molecule has 108 valence electrons. The molecule has 2 aromatic rings. The number of methoxy groups -OCH3 is 1. The molecule has 0 aliphatic carbocycles. The highest BCUT2D eigenvalue weighted by atomic mass is 16.5. The summed E-state index contributed by atoms with van der Waals surface area (Å²) >= 11 is 0. The maximum Gasteiger partial charge on any atom is 0.220 e. The fourth-order valence-corrected chi connectivity index (χ4v) is 2.48. The van der Waals surface area contributed by atoms with Gasteiger partial charge in [0.25, 0.3) is 0 Å². The first kappa shape index (κ1) is 13.5.